The minimum Gasteiger partial charge on any atom is -0.317 e. The number of hydrogen-bond donors (Lipinski definition) is 2. The molecule has 8 heteroatoms. The lowest BCUT2D eigenvalue weighted by atomic mass is 10.2. The van der Waals surface area contributed by atoms with Gasteiger partial charge >= 0.3 is 0 Å². The Balaban J connectivity index is 2.25. The standard InChI is InChI=1S/C11H13Cl3N2O2S/c12-7-5-9(13)11(10(14)6-7)16-19(17,18)8-1-3-15-4-2-8/h5-6,8,15-16H,1-4H2. The Morgan fingerprint density at radius 3 is 2.16 bits per heavy atom. The van der Waals surface area contributed by atoms with Gasteiger partial charge < -0.3 is 5.32 Å². The summed E-state index contributed by atoms with van der Waals surface area (Å²) in [6, 6.07) is 2.91. The van der Waals surface area contributed by atoms with Gasteiger partial charge in [0.1, 0.15) is 0 Å². The molecule has 1 aromatic rings. The molecule has 1 aliphatic rings. The predicted molar refractivity (Wildman–Crippen MR) is 79.9 cm³/mol. The van der Waals surface area contributed by atoms with E-state index < -0.39 is 15.3 Å². The van der Waals surface area contributed by atoms with Crippen LogP contribution in [0, 0.1) is 0 Å². The number of nitrogens with one attached hydrogen (secondary N) is 2. The van der Waals surface area contributed by atoms with E-state index in [1.165, 1.54) is 12.1 Å². The average molecular weight is 344 g/mol. The van der Waals surface area contributed by atoms with Crippen LogP contribution in [0.3, 0.4) is 0 Å². The summed E-state index contributed by atoms with van der Waals surface area (Å²) in [4.78, 5) is 0. The van der Waals surface area contributed by atoms with E-state index in [9.17, 15) is 8.42 Å². The second-order valence-corrected chi connectivity index (χ2v) is 7.55. The lowest BCUT2D eigenvalue weighted by molar-refractivity contribution is 0.499. The van der Waals surface area contributed by atoms with Crippen molar-refractivity contribution < 1.29 is 8.42 Å². The summed E-state index contributed by atoms with van der Waals surface area (Å²) in [7, 11) is -3.50. The number of benzene rings is 1. The summed E-state index contributed by atoms with van der Waals surface area (Å²) in [6.07, 6.45) is 1.14. The van der Waals surface area contributed by atoms with E-state index in [4.69, 9.17) is 34.8 Å². The lowest BCUT2D eigenvalue weighted by Crippen LogP contribution is -2.38. The van der Waals surface area contributed by atoms with Crippen LogP contribution in [0.4, 0.5) is 5.69 Å². The Hall–Kier alpha value is -0.200. The molecule has 1 heterocycles. The molecule has 1 fully saturated rings. The highest BCUT2D eigenvalue weighted by Crippen LogP contribution is 2.35. The van der Waals surface area contributed by atoms with E-state index in [1.54, 1.807) is 0 Å². The number of sulfonamides is 1. The highest BCUT2D eigenvalue weighted by molar-refractivity contribution is 7.93. The van der Waals surface area contributed by atoms with Crippen LogP contribution >= 0.6 is 34.8 Å². The summed E-state index contributed by atoms with van der Waals surface area (Å²) in [5.74, 6) is 0. The van der Waals surface area contributed by atoms with Crippen LogP contribution in [0.1, 0.15) is 12.8 Å². The first kappa shape index (κ1) is 15.2. The van der Waals surface area contributed by atoms with Gasteiger partial charge in [0.25, 0.3) is 0 Å². The molecule has 1 aliphatic heterocycles. The van der Waals surface area contributed by atoms with Crippen LogP contribution in [-0.2, 0) is 10.0 Å². The lowest BCUT2D eigenvalue weighted by Gasteiger charge is -2.23. The maximum atomic E-state index is 12.3. The highest BCUT2D eigenvalue weighted by atomic mass is 35.5. The number of hydrogen-bond acceptors (Lipinski definition) is 3. The fraction of sp³-hybridized carbons (Fsp3) is 0.455. The van der Waals surface area contributed by atoms with E-state index >= 15 is 0 Å². The molecule has 1 aromatic carbocycles. The zero-order valence-corrected chi connectivity index (χ0v) is 13.0. The summed E-state index contributed by atoms with van der Waals surface area (Å²) >= 11 is 17.7. The van der Waals surface area contributed by atoms with E-state index in [-0.39, 0.29) is 15.7 Å². The van der Waals surface area contributed by atoms with Crippen LogP contribution in [0.25, 0.3) is 0 Å². The number of anilines is 1. The summed E-state index contributed by atoms with van der Waals surface area (Å²) in [6.45, 7) is 1.38. The zero-order chi connectivity index (χ0) is 14.0. The largest absolute Gasteiger partial charge is 0.317 e. The minimum absolute atomic E-state index is 0.186. The van der Waals surface area contributed by atoms with Gasteiger partial charge in [-0.25, -0.2) is 8.42 Å². The molecule has 106 valence electrons. The van der Waals surface area contributed by atoms with Crippen LogP contribution in [0.2, 0.25) is 15.1 Å². The first-order chi connectivity index (χ1) is 8.90. The van der Waals surface area contributed by atoms with Gasteiger partial charge in [0.2, 0.25) is 10.0 Å². The molecule has 0 spiro atoms. The van der Waals surface area contributed by atoms with Crippen molar-refractivity contribution in [2.24, 2.45) is 0 Å². The van der Waals surface area contributed by atoms with Crippen LogP contribution in [0.15, 0.2) is 12.1 Å². The molecule has 0 aliphatic carbocycles. The van der Waals surface area contributed by atoms with Crippen molar-refractivity contribution in [3.8, 4) is 0 Å². The van der Waals surface area contributed by atoms with E-state index in [2.05, 4.69) is 10.0 Å². The number of piperidine rings is 1. The van der Waals surface area contributed by atoms with Crippen molar-refractivity contribution in [1.29, 1.82) is 0 Å². The van der Waals surface area contributed by atoms with Crippen molar-refractivity contribution in [3.63, 3.8) is 0 Å². The first-order valence-electron chi connectivity index (χ1n) is 5.77. The fourth-order valence-corrected chi connectivity index (χ4v) is 4.52. The quantitative estimate of drug-likeness (QED) is 0.886. The van der Waals surface area contributed by atoms with E-state index in [0.29, 0.717) is 31.0 Å². The summed E-state index contributed by atoms with van der Waals surface area (Å²) < 4.78 is 27.0. The maximum absolute atomic E-state index is 12.3. The third-order valence-corrected chi connectivity index (χ3v) is 5.63. The molecule has 0 radical (unpaired) electrons. The van der Waals surface area contributed by atoms with Crippen molar-refractivity contribution in [3.05, 3.63) is 27.2 Å². The topological polar surface area (TPSA) is 58.2 Å². The molecule has 0 atom stereocenters. The van der Waals surface area contributed by atoms with E-state index in [0.717, 1.165) is 0 Å². The zero-order valence-electron chi connectivity index (χ0n) is 9.92. The Bertz CT molecular complexity index is 548. The second-order valence-electron chi connectivity index (χ2n) is 4.34. The Labute approximate surface area is 127 Å². The molecular formula is C11H13Cl3N2O2S. The molecule has 0 aromatic heterocycles. The van der Waals surface area contributed by atoms with Crippen LogP contribution in [0.5, 0.6) is 0 Å². The number of rotatable bonds is 3. The fourth-order valence-electron chi connectivity index (χ4n) is 1.97. The van der Waals surface area contributed by atoms with E-state index in [1.807, 2.05) is 0 Å². The molecule has 0 amide bonds. The molecular weight excluding hydrogens is 331 g/mol. The van der Waals surface area contributed by atoms with Gasteiger partial charge in [0, 0.05) is 5.02 Å². The monoisotopic (exact) mass is 342 g/mol. The third kappa shape index (κ3) is 3.67. The van der Waals surface area contributed by atoms with Crippen LogP contribution in [-0.4, -0.2) is 26.8 Å². The third-order valence-electron chi connectivity index (χ3n) is 2.98. The van der Waals surface area contributed by atoms with Gasteiger partial charge in [-0.1, -0.05) is 34.8 Å². The van der Waals surface area contributed by atoms with Gasteiger partial charge in [-0.15, -0.1) is 0 Å². The van der Waals surface area contributed by atoms with Gasteiger partial charge in [-0.2, -0.15) is 0 Å². The number of halogens is 3. The predicted octanol–water partition coefficient (Wildman–Crippen LogP) is 3.14. The maximum Gasteiger partial charge on any atom is 0.235 e. The smallest absolute Gasteiger partial charge is 0.235 e. The minimum atomic E-state index is -3.50. The van der Waals surface area contributed by atoms with Gasteiger partial charge in [-0.05, 0) is 38.1 Å². The highest BCUT2D eigenvalue weighted by Gasteiger charge is 2.28. The SMILES string of the molecule is O=S(=O)(Nc1c(Cl)cc(Cl)cc1Cl)C1CCNCC1. The molecule has 1 saturated heterocycles. The average Bonchev–Trinajstić information content (AvgIpc) is 2.35. The van der Waals surface area contributed by atoms with Gasteiger partial charge in [-0.3, -0.25) is 4.72 Å². The Morgan fingerprint density at radius 2 is 1.63 bits per heavy atom. The van der Waals surface area contributed by atoms with Crippen molar-refractivity contribution in [1.82, 2.24) is 5.32 Å². The molecule has 4 nitrogen and oxygen atoms in total. The molecule has 2 rings (SSSR count). The Morgan fingerprint density at radius 1 is 1.11 bits per heavy atom. The normalized spacial score (nSPS) is 17.4. The van der Waals surface area contributed by atoms with Crippen molar-refractivity contribution >= 4 is 50.5 Å². The van der Waals surface area contributed by atoms with Gasteiger partial charge in [0.15, 0.2) is 0 Å². The summed E-state index contributed by atoms with van der Waals surface area (Å²) in [5.41, 5.74) is 0.186. The first-order valence-corrected chi connectivity index (χ1v) is 8.45. The second kappa shape index (κ2) is 6.06. The molecule has 2 N–H and O–H groups in total. The molecule has 0 saturated carbocycles. The van der Waals surface area contributed by atoms with Gasteiger partial charge in [0.05, 0.1) is 21.0 Å². The summed E-state index contributed by atoms with van der Waals surface area (Å²) in [5, 5.41) is 3.43. The van der Waals surface area contributed by atoms with Crippen molar-refractivity contribution in [2.75, 3.05) is 17.8 Å². The molecule has 0 unspecified atom stereocenters. The van der Waals surface area contributed by atoms with Crippen LogP contribution < -0.4 is 10.0 Å². The molecule has 0 bridgehead atoms. The molecule has 19 heavy (non-hydrogen) atoms. The van der Waals surface area contributed by atoms with Crippen molar-refractivity contribution in [2.45, 2.75) is 18.1 Å². The Kier molecular flexibility index (Phi) is 4.84.